The molecule has 162 valence electrons. The van der Waals surface area contributed by atoms with Crippen molar-refractivity contribution in [3.63, 3.8) is 0 Å². The van der Waals surface area contributed by atoms with Gasteiger partial charge in [-0.3, -0.25) is 4.79 Å². The van der Waals surface area contributed by atoms with Crippen LogP contribution in [-0.2, 0) is 11.3 Å². The molecular weight excluding hydrogens is 390 g/mol. The first-order chi connectivity index (χ1) is 14.9. The lowest BCUT2D eigenvalue weighted by molar-refractivity contribution is -0.120. The maximum Gasteiger partial charge on any atom is 0.265 e. The molecule has 5 heteroatoms. The molecule has 0 heterocycles. The van der Waals surface area contributed by atoms with Crippen LogP contribution in [0, 0.1) is 6.92 Å². The quantitative estimate of drug-likeness (QED) is 0.528. The monoisotopic (exact) mass is 419 g/mol. The molecule has 0 fully saturated rings. The normalized spacial score (nSPS) is 10.7. The first-order valence-electron chi connectivity index (χ1n) is 10.3. The fourth-order valence-electron chi connectivity index (χ4n) is 3.58. The summed E-state index contributed by atoms with van der Waals surface area (Å²) in [5.41, 5.74) is 3.65. The van der Waals surface area contributed by atoms with Crippen molar-refractivity contribution in [2.24, 2.45) is 0 Å². The number of carbonyl (C=O) groups excluding carboxylic acids is 1. The van der Waals surface area contributed by atoms with E-state index < -0.39 is 0 Å². The number of methoxy groups -OCH3 is 1. The molecule has 1 amide bonds. The van der Waals surface area contributed by atoms with E-state index in [0.29, 0.717) is 28.7 Å². The Morgan fingerprint density at radius 2 is 1.74 bits per heavy atom. The van der Waals surface area contributed by atoms with Crippen molar-refractivity contribution >= 4 is 11.6 Å². The Hall–Kier alpha value is -3.47. The molecule has 31 heavy (non-hydrogen) atoms. The minimum Gasteiger partial charge on any atom is -0.508 e. The van der Waals surface area contributed by atoms with E-state index in [9.17, 15) is 9.90 Å². The van der Waals surface area contributed by atoms with E-state index in [4.69, 9.17) is 9.47 Å². The number of phenols is 1. The summed E-state index contributed by atoms with van der Waals surface area (Å²) in [7, 11) is 1.57. The number of aromatic hydroxyl groups is 1. The number of carbonyl (C=O) groups is 1. The van der Waals surface area contributed by atoms with Gasteiger partial charge in [-0.2, -0.15) is 0 Å². The van der Waals surface area contributed by atoms with Gasteiger partial charge in [0.2, 0.25) is 0 Å². The summed E-state index contributed by atoms with van der Waals surface area (Å²) in [6.07, 6.45) is 0. The van der Waals surface area contributed by atoms with Gasteiger partial charge >= 0.3 is 0 Å². The van der Waals surface area contributed by atoms with Gasteiger partial charge in [0.05, 0.1) is 19.3 Å². The third-order valence-electron chi connectivity index (χ3n) is 5.22. The van der Waals surface area contributed by atoms with Crippen molar-refractivity contribution in [3.8, 4) is 17.2 Å². The molecule has 0 radical (unpaired) electrons. The number of hydrogen-bond donors (Lipinski definition) is 1. The van der Waals surface area contributed by atoms with Crippen LogP contribution in [0.25, 0.3) is 0 Å². The predicted octanol–water partition coefficient (Wildman–Crippen LogP) is 5.44. The van der Waals surface area contributed by atoms with Gasteiger partial charge in [0.25, 0.3) is 5.91 Å². The van der Waals surface area contributed by atoms with Gasteiger partial charge in [-0.25, -0.2) is 0 Å². The van der Waals surface area contributed by atoms with Gasteiger partial charge in [-0.15, -0.1) is 0 Å². The zero-order valence-corrected chi connectivity index (χ0v) is 18.5. The number of rotatable bonds is 8. The molecule has 3 rings (SSSR count). The largest absolute Gasteiger partial charge is 0.508 e. The van der Waals surface area contributed by atoms with E-state index in [-0.39, 0.29) is 24.8 Å². The minimum absolute atomic E-state index is 0.133. The zero-order valence-electron chi connectivity index (χ0n) is 18.5. The molecule has 0 bridgehead atoms. The Morgan fingerprint density at radius 3 is 2.42 bits per heavy atom. The van der Waals surface area contributed by atoms with Crippen molar-refractivity contribution in [2.45, 2.75) is 33.2 Å². The molecule has 0 spiro atoms. The van der Waals surface area contributed by atoms with E-state index in [2.05, 4.69) is 13.8 Å². The van der Waals surface area contributed by atoms with Crippen LogP contribution in [-0.4, -0.2) is 24.7 Å². The maximum absolute atomic E-state index is 13.2. The second kappa shape index (κ2) is 10.0. The highest BCUT2D eigenvalue weighted by Gasteiger charge is 2.21. The molecule has 1 N–H and O–H groups in total. The van der Waals surface area contributed by atoms with E-state index in [0.717, 1.165) is 5.56 Å². The SMILES string of the molecule is COc1ccccc1N(Cc1ccccc1O)C(=O)COc1ccc(C(C)C)c(C)c1. The smallest absolute Gasteiger partial charge is 0.265 e. The highest BCUT2D eigenvalue weighted by Crippen LogP contribution is 2.31. The van der Waals surface area contributed by atoms with Crippen LogP contribution >= 0.6 is 0 Å². The van der Waals surface area contributed by atoms with E-state index in [1.807, 2.05) is 49.4 Å². The van der Waals surface area contributed by atoms with Gasteiger partial charge in [-0.1, -0.05) is 50.2 Å². The zero-order chi connectivity index (χ0) is 22.4. The van der Waals surface area contributed by atoms with Crippen LogP contribution in [0.2, 0.25) is 0 Å². The van der Waals surface area contributed by atoms with Gasteiger partial charge in [0.1, 0.15) is 17.2 Å². The lowest BCUT2D eigenvalue weighted by Crippen LogP contribution is -2.34. The summed E-state index contributed by atoms with van der Waals surface area (Å²) in [5, 5.41) is 10.2. The minimum atomic E-state index is -0.238. The number of amides is 1. The van der Waals surface area contributed by atoms with Crippen LogP contribution in [0.15, 0.2) is 66.7 Å². The summed E-state index contributed by atoms with van der Waals surface area (Å²) < 4.78 is 11.3. The number of aryl methyl sites for hydroxylation is 1. The number of hydrogen-bond acceptors (Lipinski definition) is 4. The average Bonchev–Trinajstić information content (AvgIpc) is 2.76. The second-order valence-corrected chi connectivity index (χ2v) is 7.74. The van der Waals surface area contributed by atoms with Crippen LogP contribution in [0.1, 0.15) is 36.5 Å². The van der Waals surface area contributed by atoms with Gasteiger partial charge in [0.15, 0.2) is 6.61 Å². The summed E-state index contributed by atoms with van der Waals surface area (Å²) in [5.74, 6) is 1.55. The summed E-state index contributed by atoms with van der Waals surface area (Å²) in [4.78, 5) is 14.8. The molecule has 0 saturated heterocycles. The van der Waals surface area contributed by atoms with Crippen molar-refractivity contribution in [3.05, 3.63) is 83.4 Å². The van der Waals surface area contributed by atoms with Gasteiger partial charge in [0, 0.05) is 5.56 Å². The Balaban J connectivity index is 1.84. The molecule has 0 aromatic heterocycles. The van der Waals surface area contributed by atoms with Crippen LogP contribution in [0.5, 0.6) is 17.2 Å². The van der Waals surface area contributed by atoms with Crippen LogP contribution in [0.3, 0.4) is 0 Å². The Kier molecular flexibility index (Phi) is 7.19. The lowest BCUT2D eigenvalue weighted by Gasteiger charge is -2.25. The number of ether oxygens (including phenoxy) is 2. The molecule has 0 aliphatic heterocycles. The number of anilines is 1. The lowest BCUT2D eigenvalue weighted by atomic mass is 9.98. The summed E-state index contributed by atoms with van der Waals surface area (Å²) >= 11 is 0. The molecule has 3 aromatic carbocycles. The Morgan fingerprint density at radius 1 is 1.03 bits per heavy atom. The molecular formula is C26H29NO4. The predicted molar refractivity (Wildman–Crippen MR) is 123 cm³/mol. The molecule has 0 saturated carbocycles. The second-order valence-electron chi connectivity index (χ2n) is 7.74. The van der Waals surface area contributed by atoms with E-state index >= 15 is 0 Å². The molecule has 3 aromatic rings. The molecule has 0 unspecified atom stereocenters. The van der Waals surface area contributed by atoms with E-state index in [1.165, 1.54) is 5.56 Å². The molecule has 0 aliphatic rings. The highest BCUT2D eigenvalue weighted by molar-refractivity contribution is 5.96. The van der Waals surface area contributed by atoms with Gasteiger partial charge in [-0.05, 0) is 54.3 Å². The topological polar surface area (TPSA) is 59.0 Å². The highest BCUT2D eigenvalue weighted by atomic mass is 16.5. The van der Waals surface area contributed by atoms with Crippen molar-refractivity contribution in [1.82, 2.24) is 0 Å². The summed E-state index contributed by atoms with van der Waals surface area (Å²) in [6, 6.07) is 20.2. The van der Waals surface area contributed by atoms with Crippen molar-refractivity contribution in [1.29, 1.82) is 0 Å². The van der Waals surface area contributed by atoms with Crippen molar-refractivity contribution in [2.75, 3.05) is 18.6 Å². The number of phenolic OH excluding ortho intramolecular Hbond substituents is 1. The number of nitrogens with zero attached hydrogens (tertiary/aromatic N) is 1. The molecule has 0 atom stereocenters. The van der Waals surface area contributed by atoms with E-state index in [1.54, 1.807) is 36.3 Å². The Bertz CT molecular complexity index is 1050. The van der Waals surface area contributed by atoms with Crippen LogP contribution in [0.4, 0.5) is 5.69 Å². The standard InChI is InChI=1S/C26H29NO4/c1-18(2)22-14-13-21(15-19(22)3)31-17-26(29)27(16-20-9-5-7-11-24(20)28)23-10-6-8-12-25(23)30-4/h5-15,18,28H,16-17H2,1-4H3. The van der Waals surface area contributed by atoms with Crippen molar-refractivity contribution < 1.29 is 19.4 Å². The Labute approximate surface area is 183 Å². The first-order valence-corrected chi connectivity index (χ1v) is 10.3. The fraction of sp³-hybridized carbons (Fsp3) is 0.269. The average molecular weight is 420 g/mol. The number of benzene rings is 3. The number of para-hydroxylation sites is 3. The fourth-order valence-corrected chi connectivity index (χ4v) is 3.58. The molecule has 0 aliphatic carbocycles. The summed E-state index contributed by atoms with van der Waals surface area (Å²) in [6.45, 7) is 6.41. The van der Waals surface area contributed by atoms with Gasteiger partial charge < -0.3 is 19.5 Å². The van der Waals surface area contributed by atoms with Crippen LogP contribution < -0.4 is 14.4 Å². The third-order valence-corrected chi connectivity index (χ3v) is 5.22. The maximum atomic E-state index is 13.2. The molecule has 5 nitrogen and oxygen atoms in total. The third kappa shape index (κ3) is 5.37. The first kappa shape index (κ1) is 22.2.